The fraction of sp³-hybridized carbons (Fsp3) is 0.778. The first kappa shape index (κ1) is 17.5. The Labute approximate surface area is 116 Å². The first-order valence-electron chi connectivity index (χ1n) is 8.23. The summed E-state index contributed by atoms with van der Waals surface area (Å²) in [6.07, 6.45) is 25.5. The van der Waals surface area contributed by atoms with Gasteiger partial charge in [-0.2, -0.15) is 0 Å². The molecule has 0 saturated heterocycles. The van der Waals surface area contributed by atoms with Gasteiger partial charge in [0.15, 0.2) is 0 Å². The molecule has 0 bridgehead atoms. The lowest BCUT2D eigenvalue weighted by molar-refractivity contribution is 0.637. The van der Waals surface area contributed by atoms with E-state index in [4.69, 9.17) is 0 Å². The van der Waals surface area contributed by atoms with Crippen molar-refractivity contribution >= 4 is 0 Å². The number of hydrogen-bond acceptors (Lipinski definition) is 0. The smallest absolute Gasteiger partial charge is 0.0348 e. The Hall–Kier alpha value is -0.520. The van der Waals surface area contributed by atoms with Gasteiger partial charge in [0, 0.05) is 0 Å². The minimum Gasteiger partial charge on any atom is -0.0845 e. The zero-order chi connectivity index (χ0) is 13.3. The Balaban J connectivity index is 3.15. The zero-order valence-corrected chi connectivity index (χ0v) is 12.8. The molecule has 0 radical (unpaired) electrons. The van der Waals surface area contributed by atoms with Gasteiger partial charge < -0.3 is 0 Å². The standard InChI is InChI=1S/C18H34/c1-3-5-7-9-11-13-15-17-18-16-14-12-10-8-6-4-2/h15-18H,3-14H2,1-2H3. The number of unbranched alkanes of at least 4 members (excludes halogenated alkanes) is 10. The van der Waals surface area contributed by atoms with Crippen LogP contribution < -0.4 is 0 Å². The van der Waals surface area contributed by atoms with E-state index in [1.807, 2.05) is 0 Å². The molecule has 0 amide bonds. The van der Waals surface area contributed by atoms with Crippen LogP contribution in [0.5, 0.6) is 0 Å². The molecule has 0 atom stereocenters. The van der Waals surface area contributed by atoms with E-state index >= 15 is 0 Å². The molecule has 0 heteroatoms. The van der Waals surface area contributed by atoms with E-state index in [0.29, 0.717) is 0 Å². The van der Waals surface area contributed by atoms with Crippen molar-refractivity contribution in [3.8, 4) is 0 Å². The second kappa shape index (κ2) is 16.5. The quantitative estimate of drug-likeness (QED) is 0.248. The van der Waals surface area contributed by atoms with Crippen molar-refractivity contribution in [1.29, 1.82) is 0 Å². The summed E-state index contributed by atoms with van der Waals surface area (Å²) in [5.41, 5.74) is 0. The van der Waals surface area contributed by atoms with Crippen molar-refractivity contribution in [2.24, 2.45) is 0 Å². The first-order chi connectivity index (χ1) is 8.91. The molecule has 0 aliphatic carbocycles. The van der Waals surface area contributed by atoms with Crippen LogP contribution in [0.3, 0.4) is 0 Å². The molecular formula is C18H34. The predicted molar refractivity (Wildman–Crippen MR) is 85.0 cm³/mol. The lowest BCUT2D eigenvalue weighted by Gasteiger charge is -1.96. The molecule has 0 N–H and O–H groups in total. The third-order valence-corrected chi connectivity index (χ3v) is 3.33. The maximum absolute atomic E-state index is 2.32. The van der Waals surface area contributed by atoms with Crippen molar-refractivity contribution in [3.05, 3.63) is 24.3 Å². The van der Waals surface area contributed by atoms with Gasteiger partial charge in [-0.05, 0) is 25.7 Å². The maximum atomic E-state index is 2.32. The lowest BCUT2D eigenvalue weighted by atomic mass is 10.1. The summed E-state index contributed by atoms with van der Waals surface area (Å²) in [6.45, 7) is 4.54. The highest BCUT2D eigenvalue weighted by molar-refractivity contribution is 5.02. The van der Waals surface area contributed by atoms with E-state index in [9.17, 15) is 0 Å². The van der Waals surface area contributed by atoms with Crippen LogP contribution in [0.25, 0.3) is 0 Å². The third-order valence-electron chi connectivity index (χ3n) is 3.33. The van der Waals surface area contributed by atoms with Crippen molar-refractivity contribution in [2.45, 2.75) is 90.9 Å². The summed E-state index contributed by atoms with van der Waals surface area (Å²) in [5, 5.41) is 0. The van der Waals surface area contributed by atoms with Crippen molar-refractivity contribution < 1.29 is 0 Å². The molecule has 0 aliphatic rings. The van der Waals surface area contributed by atoms with E-state index in [0.717, 1.165) is 0 Å². The molecule has 0 unspecified atom stereocenters. The molecule has 18 heavy (non-hydrogen) atoms. The van der Waals surface area contributed by atoms with Crippen LogP contribution in [0, 0.1) is 0 Å². The largest absolute Gasteiger partial charge is 0.0845 e. The van der Waals surface area contributed by atoms with Crippen molar-refractivity contribution in [3.63, 3.8) is 0 Å². The lowest BCUT2D eigenvalue weighted by Crippen LogP contribution is -1.76. The van der Waals surface area contributed by atoms with E-state index in [-0.39, 0.29) is 0 Å². The molecule has 0 spiro atoms. The van der Waals surface area contributed by atoms with Crippen LogP contribution in [0.2, 0.25) is 0 Å². The topological polar surface area (TPSA) is 0 Å². The molecule has 0 heterocycles. The zero-order valence-electron chi connectivity index (χ0n) is 12.8. The van der Waals surface area contributed by atoms with Crippen LogP contribution in [0.1, 0.15) is 90.9 Å². The van der Waals surface area contributed by atoms with Crippen molar-refractivity contribution in [1.82, 2.24) is 0 Å². The number of hydrogen-bond donors (Lipinski definition) is 0. The Kier molecular flexibility index (Phi) is 16.0. The monoisotopic (exact) mass is 250 g/mol. The minimum atomic E-state index is 1.25. The summed E-state index contributed by atoms with van der Waals surface area (Å²) in [4.78, 5) is 0. The van der Waals surface area contributed by atoms with E-state index in [1.54, 1.807) is 0 Å². The Bertz CT molecular complexity index is 166. The third kappa shape index (κ3) is 15.5. The normalized spacial score (nSPS) is 11.9. The average molecular weight is 250 g/mol. The fourth-order valence-corrected chi connectivity index (χ4v) is 2.08. The van der Waals surface area contributed by atoms with Gasteiger partial charge >= 0.3 is 0 Å². The molecule has 0 nitrogen and oxygen atoms in total. The maximum Gasteiger partial charge on any atom is -0.0348 e. The molecule has 0 fully saturated rings. The molecule has 0 aromatic carbocycles. The van der Waals surface area contributed by atoms with Crippen LogP contribution in [0.15, 0.2) is 24.3 Å². The van der Waals surface area contributed by atoms with E-state index < -0.39 is 0 Å². The van der Waals surface area contributed by atoms with Gasteiger partial charge in [-0.1, -0.05) is 89.5 Å². The predicted octanol–water partition coefficient (Wildman–Crippen LogP) is 6.82. The summed E-state index contributed by atoms with van der Waals surface area (Å²) in [5.74, 6) is 0. The van der Waals surface area contributed by atoms with Gasteiger partial charge in [0.1, 0.15) is 0 Å². The second-order valence-electron chi connectivity index (χ2n) is 5.26. The molecule has 106 valence electrons. The second-order valence-corrected chi connectivity index (χ2v) is 5.26. The van der Waals surface area contributed by atoms with E-state index in [2.05, 4.69) is 38.2 Å². The molecule has 0 rings (SSSR count). The van der Waals surface area contributed by atoms with Gasteiger partial charge in [0.25, 0.3) is 0 Å². The van der Waals surface area contributed by atoms with Crippen LogP contribution >= 0.6 is 0 Å². The summed E-state index contributed by atoms with van der Waals surface area (Å²) in [7, 11) is 0. The van der Waals surface area contributed by atoms with Gasteiger partial charge in [-0.3, -0.25) is 0 Å². The van der Waals surface area contributed by atoms with Gasteiger partial charge in [-0.25, -0.2) is 0 Å². The highest BCUT2D eigenvalue weighted by atomic mass is 13.9. The molecule has 0 aromatic heterocycles. The van der Waals surface area contributed by atoms with Gasteiger partial charge in [-0.15, -0.1) is 0 Å². The molecular weight excluding hydrogens is 216 g/mol. The highest BCUT2D eigenvalue weighted by Gasteiger charge is 1.86. The van der Waals surface area contributed by atoms with Crippen molar-refractivity contribution in [2.75, 3.05) is 0 Å². The molecule has 0 aliphatic heterocycles. The Morgan fingerprint density at radius 1 is 0.500 bits per heavy atom. The van der Waals surface area contributed by atoms with Gasteiger partial charge in [0.05, 0.1) is 0 Å². The Morgan fingerprint density at radius 2 is 0.889 bits per heavy atom. The summed E-state index contributed by atoms with van der Waals surface area (Å²) in [6, 6.07) is 0. The fourth-order valence-electron chi connectivity index (χ4n) is 2.08. The van der Waals surface area contributed by atoms with E-state index in [1.165, 1.54) is 77.0 Å². The van der Waals surface area contributed by atoms with Crippen LogP contribution in [-0.2, 0) is 0 Å². The Morgan fingerprint density at radius 3 is 1.28 bits per heavy atom. The average Bonchev–Trinajstić information content (AvgIpc) is 2.39. The summed E-state index contributed by atoms with van der Waals surface area (Å²) >= 11 is 0. The van der Waals surface area contributed by atoms with Gasteiger partial charge in [0.2, 0.25) is 0 Å². The first-order valence-corrected chi connectivity index (χ1v) is 8.23. The van der Waals surface area contributed by atoms with Crippen LogP contribution in [0.4, 0.5) is 0 Å². The minimum absolute atomic E-state index is 1.25. The molecule has 0 saturated carbocycles. The molecule has 0 aromatic rings. The SMILES string of the molecule is CCCCCCCC=CC=CCCCCCCC. The number of allylic oxidation sites excluding steroid dienone is 4. The van der Waals surface area contributed by atoms with Crippen LogP contribution in [-0.4, -0.2) is 0 Å². The summed E-state index contributed by atoms with van der Waals surface area (Å²) < 4.78 is 0. The number of rotatable bonds is 13. The highest BCUT2D eigenvalue weighted by Crippen LogP contribution is 2.06.